The van der Waals surface area contributed by atoms with Crippen LogP contribution < -0.4 is 5.30 Å². The molecule has 0 heterocycles. The molecule has 0 aliphatic rings. The lowest BCUT2D eigenvalue weighted by Crippen LogP contribution is -2.25. The molecule has 3 heteroatoms. The van der Waals surface area contributed by atoms with Crippen LogP contribution in [0.2, 0.25) is 0 Å². The predicted molar refractivity (Wildman–Crippen MR) is 72.6 cm³/mol. The monoisotopic (exact) mass is 251 g/mol. The zero-order valence-electron chi connectivity index (χ0n) is 11.2. The van der Waals surface area contributed by atoms with Crippen molar-refractivity contribution >= 4 is 18.9 Å². The van der Waals surface area contributed by atoms with Gasteiger partial charge in [-0.25, -0.2) is 0 Å². The van der Waals surface area contributed by atoms with E-state index in [1.165, 1.54) is 0 Å². The van der Waals surface area contributed by atoms with E-state index < -0.39 is 13.2 Å². The SMILES string of the molecule is CC(C)[P](=O)c1ccccc1C(=O)C(C)(C)C. The Labute approximate surface area is 104 Å². The van der Waals surface area contributed by atoms with E-state index in [4.69, 9.17) is 0 Å². The van der Waals surface area contributed by atoms with Crippen LogP contribution in [0.4, 0.5) is 0 Å². The zero-order valence-corrected chi connectivity index (χ0v) is 12.0. The lowest BCUT2D eigenvalue weighted by Gasteiger charge is -2.19. The van der Waals surface area contributed by atoms with Gasteiger partial charge in [0.2, 0.25) is 0 Å². The van der Waals surface area contributed by atoms with Crippen LogP contribution >= 0.6 is 7.80 Å². The molecule has 0 N–H and O–H groups in total. The van der Waals surface area contributed by atoms with Crippen LogP contribution in [0.1, 0.15) is 45.0 Å². The molecule has 1 aromatic carbocycles. The lowest BCUT2D eigenvalue weighted by molar-refractivity contribution is 0.0859. The smallest absolute Gasteiger partial charge is 0.169 e. The number of benzene rings is 1. The number of carbonyl (C=O) groups excluding carboxylic acids is 1. The second-order valence-electron chi connectivity index (χ2n) is 5.52. The quantitative estimate of drug-likeness (QED) is 0.605. The minimum Gasteiger partial charge on any atom is -0.294 e. The molecule has 1 unspecified atom stereocenters. The summed E-state index contributed by atoms with van der Waals surface area (Å²) in [6, 6.07) is 7.24. The molecule has 0 fully saturated rings. The Morgan fingerprint density at radius 3 is 2.18 bits per heavy atom. The predicted octanol–water partition coefficient (Wildman–Crippen LogP) is 3.78. The van der Waals surface area contributed by atoms with Gasteiger partial charge in [0.25, 0.3) is 0 Å². The zero-order chi connectivity index (χ0) is 13.2. The molecule has 1 rings (SSSR count). The van der Waals surface area contributed by atoms with Gasteiger partial charge < -0.3 is 0 Å². The number of ketones is 1. The third-order valence-electron chi connectivity index (χ3n) is 2.54. The Balaban J connectivity index is 3.27. The average molecular weight is 251 g/mol. The van der Waals surface area contributed by atoms with Crippen molar-refractivity contribution in [3.05, 3.63) is 29.8 Å². The summed E-state index contributed by atoms with van der Waals surface area (Å²) in [6.07, 6.45) is 0. The van der Waals surface area contributed by atoms with Gasteiger partial charge in [-0.3, -0.25) is 9.36 Å². The molecular formula is C14H20O2P. The second-order valence-corrected chi connectivity index (χ2v) is 7.68. The molecule has 2 nitrogen and oxygen atoms in total. The maximum absolute atomic E-state index is 12.3. The van der Waals surface area contributed by atoms with Crippen molar-refractivity contribution in [2.24, 2.45) is 5.41 Å². The first-order valence-corrected chi connectivity index (χ1v) is 7.18. The molecule has 0 bridgehead atoms. The van der Waals surface area contributed by atoms with E-state index in [2.05, 4.69) is 0 Å². The summed E-state index contributed by atoms with van der Waals surface area (Å²) < 4.78 is 12.2. The van der Waals surface area contributed by atoms with Crippen LogP contribution in [-0.4, -0.2) is 11.4 Å². The summed E-state index contributed by atoms with van der Waals surface area (Å²) in [5, 5.41) is 0.692. The van der Waals surface area contributed by atoms with E-state index in [0.29, 0.717) is 10.9 Å². The lowest BCUT2D eigenvalue weighted by atomic mass is 9.86. The van der Waals surface area contributed by atoms with E-state index in [0.717, 1.165) is 0 Å². The molecule has 1 atom stereocenters. The number of hydrogen-bond donors (Lipinski definition) is 0. The molecule has 0 amide bonds. The van der Waals surface area contributed by atoms with Crippen LogP contribution in [0, 0.1) is 5.41 Å². The van der Waals surface area contributed by atoms with E-state index in [-0.39, 0.29) is 11.4 Å². The molecule has 0 saturated heterocycles. The van der Waals surface area contributed by atoms with Gasteiger partial charge in [-0.2, -0.15) is 0 Å². The molecule has 1 radical (unpaired) electrons. The summed E-state index contributed by atoms with van der Waals surface area (Å²) in [5.41, 5.74) is 0.220. The molecule has 17 heavy (non-hydrogen) atoms. The van der Waals surface area contributed by atoms with Gasteiger partial charge in [0.05, 0.1) is 0 Å². The molecular weight excluding hydrogens is 231 g/mol. The van der Waals surface area contributed by atoms with E-state index in [1.807, 2.05) is 46.8 Å². The average Bonchev–Trinajstić information content (AvgIpc) is 2.25. The molecule has 1 aromatic rings. The van der Waals surface area contributed by atoms with Crippen molar-refractivity contribution in [2.75, 3.05) is 0 Å². The van der Waals surface area contributed by atoms with Crippen molar-refractivity contribution in [1.82, 2.24) is 0 Å². The second kappa shape index (κ2) is 5.10. The van der Waals surface area contributed by atoms with E-state index >= 15 is 0 Å². The van der Waals surface area contributed by atoms with Gasteiger partial charge in [0.15, 0.2) is 5.78 Å². The molecule has 0 aromatic heterocycles. The highest BCUT2D eigenvalue weighted by molar-refractivity contribution is 7.54. The summed E-state index contributed by atoms with van der Waals surface area (Å²) in [6.45, 7) is 9.48. The summed E-state index contributed by atoms with van der Waals surface area (Å²) in [4.78, 5) is 12.3. The van der Waals surface area contributed by atoms with Gasteiger partial charge >= 0.3 is 0 Å². The molecule has 93 valence electrons. The van der Waals surface area contributed by atoms with E-state index in [1.54, 1.807) is 12.1 Å². The van der Waals surface area contributed by atoms with Gasteiger partial charge in [0.1, 0.15) is 7.80 Å². The third-order valence-corrected chi connectivity index (χ3v) is 4.34. The number of rotatable bonds is 3. The van der Waals surface area contributed by atoms with Crippen LogP contribution in [0.15, 0.2) is 24.3 Å². The Morgan fingerprint density at radius 1 is 1.18 bits per heavy atom. The Bertz CT molecular complexity index is 442. The van der Waals surface area contributed by atoms with Crippen LogP contribution in [0.3, 0.4) is 0 Å². The first-order chi connectivity index (χ1) is 7.75. The van der Waals surface area contributed by atoms with Gasteiger partial charge in [-0.15, -0.1) is 0 Å². The third kappa shape index (κ3) is 3.23. The van der Waals surface area contributed by atoms with Crippen LogP contribution in [-0.2, 0) is 4.57 Å². The van der Waals surface area contributed by atoms with Gasteiger partial charge in [-0.1, -0.05) is 52.8 Å². The minimum atomic E-state index is -1.51. The topological polar surface area (TPSA) is 34.1 Å². The summed E-state index contributed by atoms with van der Waals surface area (Å²) >= 11 is 0. The first kappa shape index (κ1) is 14.1. The molecule has 0 aliphatic carbocycles. The highest BCUT2D eigenvalue weighted by atomic mass is 31.1. The highest BCUT2D eigenvalue weighted by Gasteiger charge is 2.27. The fourth-order valence-electron chi connectivity index (χ4n) is 1.54. The normalized spacial score (nSPS) is 12.7. The van der Waals surface area contributed by atoms with Gasteiger partial charge in [0, 0.05) is 21.9 Å². The highest BCUT2D eigenvalue weighted by Crippen LogP contribution is 2.30. The fraction of sp³-hybridized carbons (Fsp3) is 0.500. The molecule has 0 aliphatic heterocycles. The van der Waals surface area contributed by atoms with Crippen molar-refractivity contribution in [2.45, 2.75) is 40.3 Å². The Kier molecular flexibility index (Phi) is 4.21. The number of Topliss-reactive ketones (excluding diaryl/α,β-unsaturated/α-hetero) is 1. The minimum absolute atomic E-state index is 0.0529. The maximum atomic E-state index is 12.3. The van der Waals surface area contributed by atoms with Gasteiger partial charge in [-0.05, 0) is 6.07 Å². The summed E-state index contributed by atoms with van der Waals surface area (Å²) in [7, 11) is -1.51. The van der Waals surface area contributed by atoms with Crippen LogP contribution in [0.25, 0.3) is 0 Å². The van der Waals surface area contributed by atoms with E-state index in [9.17, 15) is 9.36 Å². The Hall–Kier alpha value is -1.01. The maximum Gasteiger partial charge on any atom is 0.169 e. The molecule has 0 saturated carbocycles. The fourth-order valence-corrected chi connectivity index (χ4v) is 2.74. The largest absolute Gasteiger partial charge is 0.294 e. The van der Waals surface area contributed by atoms with Crippen molar-refractivity contribution in [1.29, 1.82) is 0 Å². The molecule has 0 spiro atoms. The number of hydrogen-bond acceptors (Lipinski definition) is 2. The summed E-state index contributed by atoms with van der Waals surface area (Å²) in [5.74, 6) is 0.0529. The van der Waals surface area contributed by atoms with Crippen molar-refractivity contribution in [3.8, 4) is 0 Å². The van der Waals surface area contributed by atoms with Crippen LogP contribution in [0.5, 0.6) is 0 Å². The first-order valence-electron chi connectivity index (χ1n) is 5.85. The van der Waals surface area contributed by atoms with Crippen molar-refractivity contribution < 1.29 is 9.36 Å². The standard InChI is InChI=1S/C14H20O2P/c1-10(2)17(16)12-9-7-6-8-11(12)13(15)14(3,4)5/h6-10H,1-5H3. The van der Waals surface area contributed by atoms with Crippen molar-refractivity contribution in [3.63, 3.8) is 0 Å². The Morgan fingerprint density at radius 2 is 1.71 bits per heavy atom. The number of carbonyl (C=O) groups is 1.